The van der Waals surface area contributed by atoms with E-state index in [1.807, 2.05) is 62.2 Å². The lowest BCUT2D eigenvalue weighted by Crippen LogP contribution is -2.25. The average molecular weight is 338 g/mol. The molecule has 0 saturated heterocycles. The van der Waals surface area contributed by atoms with E-state index in [2.05, 4.69) is 20.3 Å². The molecule has 7 nitrogen and oxygen atoms in total. The zero-order valence-corrected chi connectivity index (χ0v) is 14.7. The molecule has 1 N–H and O–H groups in total. The number of aryl methyl sites for hydroxylation is 1. The van der Waals surface area contributed by atoms with Gasteiger partial charge in [0.1, 0.15) is 0 Å². The molecule has 0 radical (unpaired) electrons. The van der Waals surface area contributed by atoms with Crippen molar-refractivity contribution in [1.82, 2.24) is 29.5 Å². The number of benzene rings is 1. The van der Waals surface area contributed by atoms with Crippen molar-refractivity contribution >= 4 is 5.91 Å². The van der Waals surface area contributed by atoms with Crippen LogP contribution in [-0.4, -0.2) is 44.2 Å². The first kappa shape index (κ1) is 16.9. The van der Waals surface area contributed by atoms with Gasteiger partial charge < -0.3 is 14.8 Å². The Morgan fingerprint density at radius 1 is 1.24 bits per heavy atom. The van der Waals surface area contributed by atoms with E-state index >= 15 is 0 Å². The second-order valence-electron chi connectivity index (χ2n) is 6.16. The molecule has 0 aliphatic carbocycles. The summed E-state index contributed by atoms with van der Waals surface area (Å²) in [4.78, 5) is 19.1. The molecular formula is C18H22N6O. The first-order valence-electron chi connectivity index (χ1n) is 8.06. The quantitative estimate of drug-likeness (QED) is 0.741. The SMILES string of the molecule is CN(C)Cc1cn(-c2ccccc2C(=O)NCc2ccnn2C)cn1. The third-order valence-electron chi connectivity index (χ3n) is 3.89. The molecule has 2 aromatic heterocycles. The van der Waals surface area contributed by atoms with Crippen LogP contribution in [-0.2, 0) is 20.1 Å². The summed E-state index contributed by atoms with van der Waals surface area (Å²) >= 11 is 0. The molecule has 0 aliphatic rings. The fraction of sp³-hybridized carbons (Fsp3) is 0.278. The molecular weight excluding hydrogens is 316 g/mol. The van der Waals surface area contributed by atoms with Gasteiger partial charge in [-0.3, -0.25) is 9.48 Å². The molecule has 1 amide bonds. The van der Waals surface area contributed by atoms with Gasteiger partial charge in [-0.05, 0) is 32.3 Å². The fourth-order valence-electron chi connectivity index (χ4n) is 2.63. The van der Waals surface area contributed by atoms with Crippen LogP contribution < -0.4 is 5.32 Å². The number of rotatable bonds is 6. The number of para-hydroxylation sites is 1. The second-order valence-corrected chi connectivity index (χ2v) is 6.16. The van der Waals surface area contributed by atoms with Crippen molar-refractivity contribution in [2.24, 2.45) is 7.05 Å². The molecule has 7 heteroatoms. The number of aromatic nitrogens is 4. The van der Waals surface area contributed by atoms with Crippen LogP contribution in [0.3, 0.4) is 0 Å². The molecule has 3 aromatic rings. The number of nitrogens with zero attached hydrogens (tertiary/aromatic N) is 5. The van der Waals surface area contributed by atoms with Crippen LogP contribution in [0, 0.1) is 0 Å². The van der Waals surface area contributed by atoms with E-state index in [0.717, 1.165) is 23.6 Å². The lowest BCUT2D eigenvalue weighted by molar-refractivity contribution is 0.0950. The Bertz CT molecular complexity index is 864. The molecule has 130 valence electrons. The zero-order valence-electron chi connectivity index (χ0n) is 14.7. The van der Waals surface area contributed by atoms with Gasteiger partial charge in [0.05, 0.1) is 35.5 Å². The van der Waals surface area contributed by atoms with Crippen molar-refractivity contribution in [2.45, 2.75) is 13.1 Å². The van der Waals surface area contributed by atoms with Gasteiger partial charge in [0.25, 0.3) is 5.91 Å². The van der Waals surface area contributed by atoms with Crippen molar-refractivity contribution in [2.75, 3.05) is 14.1 Å². The average Bonchev–Trinajstić information content (AvgIpc) is 3.21. The Morgan fingerprint density at radius 3 is 2.76 bits per heavy atom. The number of hydrogen-bond acceptors (Lipinski definition) is 4. The molecule has 0 fully saturated rings. The summed E-state index contributed by atoms with van der Waals surface area (Å²) in [5.74, 6) is -0.125. The Hall–Kier alpha value is -2.93. The number of hydrogen-bond donors (Lipinski definition) is 1. The zero-order chi connectivity index (χ0) is 17.8. The van der Waals surface area contributed by atoms with Gasteiger partial charge in [-0.15, -0.1) is 0 Å². The van der Waals surface area contributed by atoms with Crippen LogP contribution in [0.1, 0.15) is 21.7 Å². The molecule has 0 atom stereocenters. The van der Waals surface area contributed by atoms with Crippen LogP contribution in [0.2, 0.25) is 0 Å². The summed E-state index contributed by atoms with van der Waals surface area (Å²) in [6, 6.07) is 9.40. The predicted molar refractivity (Wildman–Crippen MR) is 95.3 cm³/mol. The highest BCUT2D eigenvalue weighted by Crippen LogP contribution is 2.15. The molecule has 3 rings (SSSR count). The van der Waals surface area contributed by atoms with Gasteiger partial charge >= 0.3 is 0 Å². The molecule has 2 heterocycles. The predicted octanol–water partition coefficient (Wildman–Crippen LogP) is 1.60. The summed E-state index contributed by atoms with van der Waals surface area (Å²) in [6.45, 7) is 1.18. The van der Waals surface area contributed by atoms with Crippen LogP contribution in [0.5, 0.6) is 0 Å². The number of carbonyl (C=O) groups excluding carboxylic acids is 1. The fourth-order valence-corrected chi connectivity index (χ4v) is 2.63. The van der Waals surface area contributed by atoms with E-state index in [-0.39, 0.29) is 5.91 Å². The number of nitrogens with one attached hydrogen (secondary N) is 1. The van der Waals surface area contributed by atoms with E-state index in [0.29, 0.717) is 12.1 Å². The lowest BCUT2D eigenvalue weighted by atomic mass is 10.1. The summed E-state index contributed by atoms with van der Waals surface area (Å²) in [7, 11) is 5.85. The van der Waals surface area contributed by atoms with Crippen LogP contribution in [0.15, 0.2) is 49.1 Å². The molecule has 1 aromatic carbocycles. The van der Waals surface area contributed by atoms with Gasteiger partial charge in [0, 0.05) is 26.0 Å². The molecule has 0 saturated carbocycles. The highest BCUT2D eigenvalue weighted by atomic mass is 16.1. The molecule has 0 spiro atoms. The largest absolute Gasteiger partial charge is 0.346 e. The van der Waals surface area contributed by atoms with Crippen LogP contribution in [0.25, 0.3) is 5.69 Å². The highest BCUT2D eigenvalue weighted by Gasteiger charge is 2.13. The van der Waals surface area contributed by atoms with E-state index < -0.39 is 0 Å². The van der Waals surface area contributed by atoms with Crippen molar-refractivity contribution in [3.8, 4) is 5.69 Å². The first-order chi connectivity index (χ1) is 12.0. The van der Waals surface area contributed by atoms with E-state index in [9.17, 15) is 4.79 Å². The Balaban J connectivity index is 1.79. The molecule has 0 aliphatic heterocycles. The van der Waals surface area contributed by atoms with Crippen LogP contribution >= 0.6 is 0 Å². The maximum absolute atomic E-state index is 12.6. The van der Waals surface area contributed by atoms with Crippen molar-refractivity contribution < 1.29 is 4.79 Å². The first-order valence-corrected chi connectivity index (χ1v) is 8.06. The third kappa shape index (κ3) is 3.95. The van der Waals surface area contributed by atoms with Gasteiger partial charge in [-0.25, -0.2) is 4.98 Å². The summed E-state index contributed by atoms with van der Waals surface area (Å²) < 4.78 is 3.63. The Kier molecular flexibility index (Phi) is 4.95. The minimum Gasteiger partial charge on any atom is -0.346 e. The second kappa shape index (κ2) is 7.31. The molecule has 25 heavy (non-hydrogen) atoms. The van der Waals surface area contributed by atoms with E-state index in [1.54, 1.807) is 17.2 Å². The number of amides is 1. The lowest BCUT2D eigenvalue weighted by Gasteiger charge is -2.11. The van der Waals surface area contributed by atoms with Gasteiger partial charge in [-0.2, -0.15) is 5.10 Å². The smallest absolute Gasteiger partial charge is 0.253 e. The monoisotopic (exact) mass is 338 g/mol. The molecule has 0 bridgehead atoms. The maximum atomic E-state index is 12.6. The topological polar surface area (TPSA) is 68.0 Å². The van der Waals surface area contributed by atoms with Crippen molar-refractivity contribution in [3.63, 3.8) is 0 Å². The summed E-state index contributed by atoms with van der Waals surface area (Å²) in [5, 5.41) is 7.06. The Morgan fingerprint density at radius 2 is 2.04 bits per heavy atom. The van der Waals surface area contributed by atoms with Crippen molar-refractivity contribution in [1.29, 1.82) is 0 Å². The number of carbonyl (C=O) groups is 1. The van der Waals surface area contributed by atoms with E-state index in [4.69, 9.17) is 0 Å². The minimum absolute atomic E-state index is 0.125. The highest BCUT2D eigenvalue weighted by molar-refractivity contribution is 5.97. The van der Waals surface area contributed by atoms with E-state index in [1.165, 1.54) is 0 Å². The number of imidazole rings is 1. The maximum Gasteiger partial charge on any atom is 0.253 e. The van der Waals surface area contributed by atoms with Crippen LogP contribution in [0.4, 0.5) is 0 Å². The van der Waals surface area contributed by atoms with Crippen molar-refractivity contribution in [3.05, 3.63) is 66.0 Å². The van der Waals surface area contributed by atoms with Gasteiger partial charge in [0.2, 0.25) is 0 Å². The minimum atomic E-state index is -0.125. The standard InChI is InChI=1S/C18H22N6O/c1-22(2)11-14-12-24(13-20-14)17-7-5-4-6-16(17)18(25)19-10-15-8-9-21-23(15)3/h4-9,12-13H,10-11H2,1-3H3,(H,19,25). The Labute approximate surface area is 146 Å². The normalized spacial score (nSPS) is 11.0. The van der Waals surface area contributed by atoms with Gasteiger partial charge in [-0.1, -0.05) is 12.1 Å². The third-order valence-corrected chi connectivity index (χ3v) is 3.89. The van der Waals surface area contributed by atoms with Gasteiger partial charge in [0.15, 0.2) is 0 Å². The summed E-state index contributed by atoms with van der Waals surface area (Å²) in [5.41, 5.74) is 3.32. The molecule has 0 unspecified atom stereocenters. The summed E-state index contributed by atoms with van der Waals surface area (Å²) in [6.07, 6.45) is 5.41.